The molecule has 2 heterocycles. The molecule has 1 aromatic heterocycles. The third kappa shape index (κ3) is 6.71. The average Bonchev–Trinajstić information content (AvgIpc) is 3.28. The lowest BCUT2D eigenvalue weighted by molar-refractivity contribution is -0.137. The molecule has 1 aliphatic rings. The number of halogens is 4. The van der Waals surface area contributed by atoms with Gasteiger partial charge in [0.2, 0.25) is 5.62 Å². The van der Waals surface area contributed by atoms with Crippen molar-refractivity contribution in [1.29, 1.82) is 0 Å². The van der Waals surface area contributed by atoms with E-state index in [9.17, 15) is 22.8 Å². The molecule has 1 saturated heterocycles. The summed E-state index contributed by atoms with van der Waals surface area (Å²) in [5.41, 5.74) is -0.969. The predicted octanol–water partition coefficient (Wildman–Crippen LogP) is 6.02. The number of amides is 2. The minimum atomic E-state index is -4.64. The van der Waals surface area contributed by atoms with Gasteiger partial charge in [-0.3, -0.25) is 9.69 Å². The van der Waals surface area contributed by atoms with Gasteiger partial charge < -0.3 is 19.0 Å². The third-order valence-corrected chi connectivity index (χ3v) is 6.70. The number of anilines is 1. The summed E-state index contributed by atoms with van der Waals surface area (Å²) in [4.78, 5) is 33.8. The second kappa shape index (κ2) is 11.8. The molecule has 1 N–H and O–H groups in total. The molecule has 3 aromatic carbocycles. The van der Waals surface area contributed by atoms with Crippen LogP contribution in [0.15, 0.2) is 77.8 Å². The summed E-state index contributed by atoms with van der Waals surface area (Å²) in [7, 11) is 0. The molecule has 8 nitrogen and oxygen atoms in total. The van der Waals surface area contributed by atoms with Crippen LogP contribution in [0.2, 0.25) is 0 Å². The van der Waals surface area contributed by atoms with Crippen LogP contribution in [0, 0.1) is 0 Å². The second-order valence-corrected chi connectivity index (χ2v) is 10.2. The van der Waals surface area contributed by atoms with Gasteiger partial charge in [0, 0.05) is 17.8 Å². The predicted molar refractivity (Wildman–Crippen MR) is 147 cm³/mol. The van der Waals surface area contributed by atoms with Crippen LogP contribution in [-0.2, 0) is 28.8 Å². The number of cyclic esters (lactones) is 1. The van der Waals surface area contributed by atoms with E-state index in [0.717, 1.165) is 23.8 Å². The fourth-order valence-electron chi connectivity index (χ4n) is 4.68. The SMILES string of the molecule is CC(F)(COCc1ccccc1)Cn1/c(=N/C(=O)c2cccc(C(F)(F)F)c2)[nH]c2cc(N3CCCOC3=O)ccc21. The highest BCUT2D eigenvalue weighted by Gasteiger charge is 2.31. The Morgan fingerprint density at radius 1 is 1.05 bits per heavy atom. The van der Waals surface area contributed by atoms with Crippen LogP contribution in [0.25, 0.3) is 11.0 Å². The number of hydrogen-bond donors (Lipinski definition) is 1. The zero-order valence-electron chi connectivity index (χ0n) is 22.7. The molecule has 4 aromatic rings. The number of benzene rings is 3. The maximum absolute atomic E-state index is 15.8. The van der Waals surface area contributed by atoms with Crippen molar-refractivity contribution in [2.45, 2.75) is 38.3 Å². The maximum atomic E-state index is 15.8. The molecular formula is C30H28F4N4O4. The lowest BCUT2D eigenvalue weighted by Gasteiger charge is -2.26. The van der Waals surface area contributed by atoms with Crippen molar-refractivity contribution in [1.82, 2.24) is 9.55 Å². The molecule has 1 unspecified atom stereocenters. The van der Waals surface area contributed by atoms with Crippen LogP contribution in [0.5, 0.6) is 0 Å². The van der Waals surface area contributed by atoms with E-state index in [-0.39, 0.29) is 30.9 Å². The van der Waals surface area contributed by atoms with E-state index < -0.39 is 29.4 Å². The van der Waals surface area contributed by atoms with E-state index >= 15 is 4.39 Å². The highest BCUT2D eigenvalue weighted by Crippen LogP contribution is 2.30. The van der Waals surface area contributed by atoms with Crippen LogP contribution < -0.4 is 10.5 Å². The van der Waals surface area contributed by atoms with E-state index in [1.807, 2.05) is 30.3 Å². The molecule has 0 radical (unpaired) electrons. The standard InChI is InChI=1S/C30H28F4N4O4/c1-29(31,19-41-17-20-7-3-2-4-8-20)18-38-25-12-11-23(37-13-6-14-42-28(37)40)16-24(25)35-27(38)36-26(39)21-9-5-10-22(15-21)30(32,33)34/h2-5,7-12,15-16H,6,13-14,17-19H2,1H3,(H,35,36,39). The van der Waals surface area contributed by atoms with Gasteiger partial charge in [0.25, 0.3) is 5.91 Å². The second-order valence-electron chi connectivity index (χ2n) is 10.2. The molecule has 0 aliphatic carbocycles. The van der Waals surface area contributed by atoms with Crippen molar-refractivity contribution in [3.05, 3.63) is 95.1 Å². The number of imidazole rings is 1. The Labute approximate surface area is 238 Å². The van der Waals surface area contributed by atoms with Gasteiger partial charge in [0.05, 0.1) is 43.0 Å². The van der Waals surface area contributed by atoms with Crippen molar-refractivity contribution in [3.8, 4) is 0 Å². The van der Waals surface area contributed by atoms with Crippen molar-refractivity contribution in [2.24, 2.45) is 4.99 Å². The molecule has 5 rings (SSSR count). The number of carbonyl (C=O) groups excluding carboxylic acids is 2. The summed E-state index contributed by atoms with van der Waals surface area (Å²) in [5, 5.41) is 0. The van der Waals surface area contributed by atoms with Crippen LogP contribution >= 0.6 is 0 Å². The summed E-state index contributed by atoms with van der Waals surface area (Å²) >= 11 is 0. The molecule has 220 valence electrons. The number of rotatable bonds is 8. The Balaban J connectivity index is 1.50. The summed E-state index contributed by atoms with van der Waals surface area (Å²) in [6.07, 6.45) is -4.50. The average molecular weight is 585 g/mol. The lowest BCUT2D eigenvalue weighted by atomic mass is 10.1. The van der Waals surface area contributed by atoms with Gasteiger partial charge >= 0.3 is 12.3 Å². The normalized spacial score (nSPS) is 16.0. The number of hydrogen-bond acceptors (Lipinski definition) is 4. The van der Waals surface area contributed by atoms with Crippen LogP contribution in [0.3, 0.4) is 0 Å². The zero-order valence-corrected chi connectivity index (χ0v) is 22.7. The molecule has 1 fully saturated rings. The number of nitrogens with zero attached hydrogens (tertiary/aromatic N) is 3. The molecule has 1 atom stereocenters. The Morgan fingerprint density at radius 3 is 2.57 bits per heavy atom. The molecule has 42 heavy (non-hydrogen) atoms. The van der Waals surface area contributed by atoms with Crippen molar-refractivity contribution in [3.63, 3.8) is 0 Å². The maximum Gasteiger partial charge on any atom is 0.416 e. The van der Waals surface area contributed by atoms with Gasteiger partial charge in [-0.25, -0.2) is 9.18 Å². The van der Waals surface area contributed by atoms with Crippen LogP contribution in [0.4, 0.5) is 28.0 Å². The van der Waals surface area contributed by atoms with E-state index in [4.69, 9.17) is 9.47 Å². The van der Waals surface area contributed by atoms with E-state index in [1.54, 1.807) is 18.2 Å². The number of ether oxygens (including phenoxy) is 2. The first-order chi connectivity index (χ1) is 20.0. The molecule has 2 amide bonds. The van der Waals surface area contributed by atoms with E-state index in [0.29, 0.717) is 36.3 Å². The molecule has 0 spiro atoms. The smallest absolute Gasteiger partial charge is 0.416 e. The van der Waals surface area contributed by atoms with Crippen molar-refractivity contribution >= 4 is 28.7 Å². The first-order valence-corrected chi connectivity index (χ1v) is 13.2. The number of H-pyrrole nitrogens is 1. The highest BCUT2D eigenvalue weighted by molar-refractivity contribution is 5.95. The number of carbonyl (C=O) groups is 2. The molecule has 1 aliphatic heterocycles. The molecule has 0 bridgehead atoms. The fourth-order valence-corrected chi connectivity index (χ4v) is 4.68. The summed E-state index contributed by atoms with van der Waals surface area (Å²) in [6, 6.07) is 18.2. The topological polar surface area (TPSA) is 88.9 Å². The number of aromatic amines is 1. The lowest BCUT2D eigenvalue weighted by Crippen LogP contribution is -2.37. The summed E-state index contributed by atoms with van der Waals surface area (Å²) < 4.78 is 67.7. The summed E-state index contributed by atoms with van der Waals surface area (Å²) in [5.74, 6) is -0.942. The number of alkyl halides is 4. The minimum Gasteiger partial charge on any atom is -0.449 e. The quantitative estimate of drug-likeness (QED) is 0.257. The largest absolute Gasteiger partial charge is 0.449 e. The Morgan fingerprint density at radius 2 is 1.83 bits per heavy atom. The number of fused-ring (bicyclic) bond motifs is 1. The Bertz CT molecular complexity index is 1660. The van der Waals surface area contributed by atoms with Gasteiger partial charge in [-0.15, -0.1) is 0 Å². The fraction of sp³-hybridized carbons (Fsp3) is 0.300. The van der Waals surface area contributed by atoms with Gasteiger partial charge in [0.1, 0.15) is 5.67 Å². The molecule has 0 saturated carbocycles. The third-order valence-electron chi connectivity index (χ3n) is 6.70. The number of nitrogens with one attached hydrogen (secondary N) is 1. The minimum absolute atomic E-state index is 0.0716. The first-order valence-electron chi connectivity index (χ1n) is 13.2. The van der Waals surface area contributed by atoms with E-state index in [1.165, 1.54) is 22.5 Å². The Hall–Kier alpha value is -4.45. The van der Waals surface area contributed by atoms with Crippen LogP contribution in [-0.4, -0.2) is 47.0 Å². The van der Waals surface area contributed by atoms with Gasteiger partial charge in [0.15, 0.2) is 0 Å². The van der Waals surface area contributed by atoms with Gasteiger partial charge in [-0.2, -0.15) is 18.2 Å². The number of aromatic nitrogens is 2. The monoisotopic (exact) mass is 584 g/mol. The molecular weight excluding hydrogens is 556 g/mol. The first kappa shape index (κ1) is 29.1. The van der Waals surface area contributed by atoms with Crippen molar-refractivity contribution in [2.75, 3.05) is 24.7 Å². The van der Waals surface area contributed by atoms with Gasteiger partial charge in [-0.1, -0.05) is 36.4 Å². The van der Waals surface area contributed by atoms with Crippen molar-refractivity contribution < 1.29 is 36.6 Å². The highest BCUT2D eigenvalue weighted by atomic mass is 19.4. The van der Waals surface area contributed by atoms with E-state index in [2.05, 4.69) is 9.98 Å². The van der Waals surface area contributed by atoms with Crippen LogP contribution in [0.1, 0.15) is 34.8 Å². The molecule has 12 heteroatoms. The summed E-state index contributed by atoms with van der Waals surface area (Å²) in [6.45, 7) is 1.74. The zero-order chi connectivity index (χ0) is 29.9. The van der Waals surface area contributed by atoms with Gasteiger partial charge in [-0.05, 0) is 55.3 Å². The Kier molecular flexibility index (Phi) is 8.17.